The van der Waals surface area contributed by atoms with Crippen molar-refractivity contribution in [1.29, 1.82) is 0 Å². The minimum Gasteiger partial charge on any atom is -0.461 e. The number of hydrogen-bond acceptors (Lipinski definition) is 5. The van der Waals surface area contributed by atoms with Crippen LogP contribution in [0, 0.1) is 34.5 Å². The average Bonchev–Trinajstić information content (AvgIpc) is 3.21. The first-order valence-electron chi connectivity index (χ1n) is 17.0. The Kier molecular flexibility index (Phi) is 7.85. The zero-order valence-electron chi connectivity index (χ0n) is 26.2. The van der Waals surface area contributed by atoms with E-state index in [0.29, 0.717) is 35.3 Å². The van der Waals surface area contributed by atoms with E-state index in [2.05, 4.69) is 25.8 Å². The monoisotopic (exact) mass is 557 g/mol. The number of likely N-dealkylation sites (tertiary alicyclic amines) is 2. The van der Waals surface area contributed by atoms with Crippen molar-refractivity contribution in [3.63, 3.8) is 0 Å². The summed E-state index contributed by atoms with van der Waals surface area (Å²) in [4.78, 5) is 27.4. The summed E-state index contributed by atoms with van der Waals surface area (Å²) in [6, 6.07) is 0.796. The zero-order chi connectivity index (χ0) is 28.3. The highest BCUT2D eigenvalue weighted by Crippen LogP contribution is 2.67. The normalized spacial score (nSPS) is 46.9. The fourth-order valence-electron chi connectivity index (χ4n) is 11.7. The van der Waals surface area contributed by atoms with E-state index in [0.717, 1.165) is 29.9 Å². The van der Waals surface area contributed by atoms with Crippen LogP contribution in [0.15, 0.2) is 0 Å². The van der Waals surface area contributed by atoms with E-state index in [4.69, 9.17) is 9.47 Å². The van der Waals surface area contributed by atoms with Gasteiger partial charge in [-0.25, -0.2) is 0 Å². The second-order valence-corrected chi connectivity index (χ2v) is 15.8. The van der Waals surface area contributed by atoms with Gasteiger partial charge in [0.2, 0.25) is 0 Å². The predicted molar refractivity (Wildman–Crippen MR) is 156 cm³/mol. The van der Waals surface area contributed by atoms with E-state index < -0.39 is 0 Å². The minimum absolute atomic E-state index is 0.0466. The Balaban J connectivity index is 1.29. The molecule has 6 fully saturated rings. The van der Waals surface area contributed by atoms with Crippen LogP contribution in [0.3, 0.4) is 0 Å². The molecule has 6 heteroatoms. The fraction of sp³-hybridized carbons (Fsp3) is 0.941. The molecule has 2 heterocycles. The zero-order valence-corrected chi connectivity index (χ0v) is 26.2. The van der Waals surface area contributed by atoms with Gasteiger partial charge in [-0.15, -0.1) is 0 Å². The molecule has 2 saturated heterocycles. The number of esters is 2. The lowest BCUT2D eigenvalue weighted by molar-refractivity contribution is -0.940. The number of ether oxygens (including phenoxy) is 2. The molecule has 4 aliphatic carbocycles. The maximum Gasteiger partial charge on any atom is 0.303 e. The molecule has 0 amide bonds. The molecule has 6 aliphatic rings. The first-order valence-corrected chi connectivity index (χ1v) is 17.0. The van der Waals surface area contributed by atoms with Gasteiger partial charge < -0.3 is 14.0 Å². The van der Waals surface area contributed by atoms with Gasteiger partial charge in [-0.3, -0.25) is 14.5 Å². The molecule has 0 radical (unpaired) electrons. The lowest BCUT2D eigenvalue weighted by Crippen LogP contribution is -2.61. The number of quaternary nitrogens is 1. The summed E-state index contributed by atoms with van der Waals surface area (Å²) in [5, 5.41) is 0. The third-order valence-electron chi connectivity index (χ3n) is 13.7. The van der Waals surface area contributed by atoms with Crippen molar-refractivity contribution in [1.82, 2.24) is 4.90 Å². The molecule has 0 aromatic rings. The number of nitrogens with zero attached hydrogens (tertiary/aromatic N) is 2. The van der Waals surface area contributed by atoms with Crippen molar-refractivity contribution in [2.24, 2.45) is 34.5 Å². The van der Waals surface area contributed by atoms with Crippen molar-refractivity contribution >= 4 is 11.9 Å². The van der Waals surface area contributed by atoms with Crippen LogP contribution >= 0.6 is 0 Å². The van der Waals surface area contributed by atoms with Gasteiger partial charge in [-0.2, -0.15) is 0 Å². The molecule has 6 rings (SSSR count). The van der Waals surface area contributed by atoms with Crippen molar-refractivity contribution in [3.05, 3.63) is 0 Å². The Morgan fingerprint density at radius 3 is 2.15 bits per heavy atom. The Hall–Kier alpha value is -1.14. The second kappa shape index (κ2) is 10.8. The van der Waals surface area contributed by atoms with Crippen LogP contribution in [0.25, 0.3) is 0 Å². The number of carbonyl (C=O) groups is 2. The number of fused-ring (bicyclic) bond motifs is 5. The van der Waals surface area contributed by atoms with Gasteiger partial charge in [0.05, 0.1) is 20.1 Å². The molecule has 0 N–H and O–H groups in total. The average molecular weight is 558 g/mol. The van der Waals surface area contributed by atoms with Gasteiger partial charge >= 0.3 is 11.9 Å². The SMILES string of the molecule is CC(=O)O[C@H]1C[C@@H]2CCC3[C@H](CC[C@@]4(C)[C@H]3C[C@H]([N+]3(C)CCCCC3)[C@@H]4OC(C)=O)[C@@]2(C)C[C@@H]1N1CCCCC1. The summed E-state index contributed by atoms with van der Waals surface area (Å²) in [7, 11) is 2.47. The minimum atomic E-state index is -0.111. The van der Waals surface area contributed by atoms with Crippen LogP contribution in [0.2, 0.25) is 0 Å². The number of carbonyl (C=O) groups excluding carboxylic acids is 2. The highest BCUT2D eigenvalue weighted by molar-refractivity contribution is 5.66. The first-order chi connectivity index (χ1) is 19.0. The molecule has 0 bridgehead atoms. The summed E-state index contributed by atoms with van der Waals surface area (Å²) in [6.45, 7) is 13.1. The summed E-state index contributed by atoms with van der Waals surface area (Å²) in [6.07, 6.45) is 16.3. The Morgan fingerprint density at radius 1 is 0.800 bits per heavy atom. The Morgan fingerprint density at radius 2 is 1.48 bits per heavy atom. The van der Waals surface area contributed by atoms with Gasteiger partial charge in [0.1, 0.15) is 12.1 Å². The summed E-state index contributed by atoms with van der Waals surface area (Å²) in [5.74, 6) is 2.50. The van der Waals surface area contributed by atoms with Crippen molar-refractivity contribution < 1.29 is 23.5 Å². The van der Waals surface area contributed by atoms with Gasteiger partial charge in [-0.05, 0) is 113 Å². The lowest BCUT2D eigenvalue weighted by atomic mass is 9.44. The molecule has 6 nitrogen and oxygen atoms in total. The van der Waals surface area contributed by atoms with Crippen molar-refractivity contribution in [2.75, 3.05) is 33.2 Å². The van der Waals surface area contributed by atoms with Gasteiger partial charge in [0, 0.05) is 31.7 Å². The molecule has 10 atom stereocenters. The fourth-order valence-corrected chi connectivity index (χ4v) is 11.7. The number of piperidine rings is 2. The topological polar surface area (TPSA) is 55.8 Å². The van der Waals surface area contributed by atoms with E-state index in [1.54, 1.807) is 13.8 Å². The summed E-state index contributed by atoms with van der Waals surface area (Å²) in [5.41, 5.74) is 0.377. The van der Waals surface area contributed by atoms with Crippen molar-refractivity contribution in [3.8, 4) is 0 Å². The second-order valence-electron chi connectivity index (χ2n) is 15.8. The van der Waals surface area contributed by atoms with E-state index in [1.807, 2.05) is 0 Å². The van der Waals surface area contributed by atoms with Gasteiger partial charge in [0.15, 0.2) is 6.10 Å². The summed E-state index contributed by atoms with van der Waals surface area (Å²) >= 11 is 0. The number of likely N-dealkylation sites (N-methyl/N-ethyl adjacent to an activating group) is 1. The smallest absolute Gasteiger partial charge is 0.303 e. The molecule has 0 spiro atoms. The van der Waals surface area contributed by atoms with E-state index >= 15 is 0 Å². The van der Waals surface area contributed by atoms with Crippen LogP contribution in [-0.2, 0) is 19.1 Å². The van der Waals surface area contributed by atoms with E-state index in [1.165, 1.54) is 90.1 Å². The van der Waals surface area contributed by atoms with Gasteiger partial charge in [0.25, 0.3) is 0 Å². The predicted octanol–water partition coefficient (Wildman–Crippen LogP) is 5.97. The molecule has 40 heavy (non-hydrogen) atoms. The largest absolute Gasteiger partial charge is 0.461 e. The lowest BCUT2D eigenvalue weighted by Gasteiger charge is -2.62. The molecule has 1 unspecified atom stereocenters. The maximum absolute atomic E-state index is 12.5. The van der Waals surface area contributed by atoms with Crippen LogP contribution in [0.4, 0.5) is 0 Å². The molecule has 4 saturated carbocycles. The molecule has 0 aromatic carbocycles. The highest BCUT2D eigenvalue weighted by Gasteiger charge is 2.67. The van der Waals surface area contributed by atoms with Crippen LogP contribution in [-0.4, -0.2) is 78.8 Å². The summed E-state index contributed by atoms with van der Waals surface area (Å²) < 4.78 is 13.5. The van der Waals surface area contributed by atoms with Crippen molar-refractivity contribution in [2.45, 2.75) is 135 Å². The standard InChI is InChI=1S/C34H57N2O4/c1-23(37)39-31-20-25-12-13-26-27(34(25,4)22-29(31)35-16-8-6-9-17-35)14-15-33(3)28(26)21-30(32(33)40-24(2)38)36(5)18-10-7-11-19-36/h25-32H,6-22H2,1-5H3/q+1/t25-,26?,27-,28-,29-,30-,31-,32-,33-,34-/m0/s1. The quantitative estimate of drug-likeness (QED) is 0.315. The van der Waals surface area contributed by atoms with Crippen LogP contribution in [0.1, 0.15) is 111 Å². The molecule has 226 valence electrons. The molecular weight excluding hydrogens is 500 g/mol. The Bertz CT molecular complexity index is 958. The van der Waals surface area contributed by atoms with Crippen LogP contribution < -0.4 is 0 Å². The number of rotatable bonds is 4. The van der Waals surface area contributed by atoms with E-state index in [-0.39, 0.29) is 29.6 Å². The third kappa shape index (κ3) is 4.85. The number of hydrogen-bond donors (Lipinski definition) is 0. The molecule has 2 aliphatic heterocycles. The van der Waals surface area contributed by atoms with E-state index in [9.17, 15) is 9.59 Å². The molecule has 0 aromatic heterocycles. The Labute approximate surface area is 243 Å². The highest BCUT2D eigenvalue weighted by atomic mass is 16.5. The van der Waals surface area contributed by atoms with Crippen LogP contribution in [0.5, 0.6) is 0 Å². The molecular formula is C34H57N2O4+. The van der Waals surface area contributed by atoms with Gasteiger partial charge in [-0.1, -0.05) is 20.3 Å². The first kappa shape index (κ1) is 29.0. The third-order valence-corrected chi connectivity index (χ3v) is 13.7. The maximum atomic E-state index is 12.5.